The van der Waals surface area contributed by atoms with E-state index in [1.54, 1.807) is 24.3 Å². The lowest BCUT2D eigenvalue weighted by molar-refractivity contribution is -0.136. The number of halogens is 4. The van der Waals surface area contributed by atoms with Crippen LogP contribution in [-0.4, -0.2) is 79.6 Å². The number of benzene rings is 2. The molecule has 0 spiro atoms. The number of hydrogen-bond donors (Lipinski definition) is 1. The van der Waals surface area contributed by atoms with Gasteiger partial charge in [0.1, 0.15) is 7.11 Å². The first-order chi connectivity index (χ1) is 19.7. The summed E-state index contributed by atoms with van der Waals surface area (Å²) in [6, 6.07) is 10.7. The van der Waals surface area contributed by atoms with E-state index in [0.29, 0.717) is 50.6 Å². The molecule has 1 amide bonds. The van der Waals surface area contributed by atoms with Crippen molar-refractivity contribution in [1.29, 1.82) is 0 Å². The first-order valence-electron chi connectivity index (χ1n) is 14.0. The lowest BCUT2D eigenvalue weighted by Crippen LogP contribution is -2.49. The quantitative estimate of drug-likeness (QED) is 0.158. The van der Waals surface area contributed by atoms with Crippen molar-refractivity contribution in [2.75, 3.05) is 46.4 Å². The van der Waals surface area contributed by atoms with E-state index in [9.17, 15) is 9.59 Å². The molecule has 1 unspecified atom stereocenters. The highest BCUT2D eigenvalue weighted by atomic mass is 35.5. The van der Waals surface area contributed by atoms with E-state index in [4.69, 9.17) is 51.2 Å². The Balaban J connectivity index is 1.41. The summed E-state index contributed by atoms with van der Waals surface area (Å²) in [7, 11) is 1.51. The number of hydrogen-bond acceptors (Lipinski definition) is 6. The van der Waals surface area contributed by atoms with Gasteiger partial charge in [-0.3, -0.25) is 9.59 Å². The molecule has 4 rings (SSSR count). The minimum Gasteiger partial charge on any atom is -0.399 e. The summed E-state index contributed by atoms with van der Waals surface area (Å²) < 4.78 is 0. The Morgan fingerprint density at radius 3 is 2.39 bits per heavy atom. The minimum atomic E-state index is -0.132. The van der Waals surface area contributed by atoms with E-state index < -0.39 is 0 Å². The van der Waals surface area contributed by atoms with Gasteiger partial charge in [-0.15, -0.1) is 0 Å². The topological polar surface area (TPSA) is 74.2 Å². The number of likely N-dealkylation sites (tertiary alicyclic amines) is 2. The standard InChI is InChI=1S/C30H36Cl4N4O3/c1-41-36-28(18-35-19-29(39)21-14-22(31)17-23(32)15-21)25(20-5-6-26(33)27(34)16-20)9-13-37-11-7-24(8-12-37)38-10-3-2-4-30(38)40/h5-6,14-17,24-25,35H,2-4,7-13,18-19H2,1H3. The van der Waals surface area contributed by atoms with Gasteiger partial charge in [-0.2, -0.15) is 0 Å². The highest BCUT2D eigenvalue weighted by Crippen LogP contribution is 2.30. The maximum Gasteiger partial charge on any atom is 0.222 e. The maximum atomic E-state index is 12.8. The van der Waals surface area contributed by atoms with Crippen molar-refractivity contribution in [2.24, 2.45) is 5.16 Å². The molecule has 2 aliphatic heterocycles. The van der Waals surface area contributed by atoms with Gasteiger partial charge in [0.15, 0.2) is 5.78 Å². The predicted molar refractivity (Wildman–Crippen MR) is 167 cm³/mol. The van der Waals surface area contributed by atoms with E-state index in [0.717, 1.165) is 69.6 Å². The highest BCUT2D eigenvalue weighted by Gasteiger charge is 2.30. The molecule has 2 aromatic carbocycles. The zero-order chi connectivity index (χ0) is 29.4. The fraction of sp³-hybridized carbons (Fsp3) is 0.500. The zero-order valence-electron chi connectivity index (χ0n) is 23.2. The molecule has 1 atom stereocenters. The Morgan fingerprint density at radius 2 is 1.73 bits per heavy atom. The van der Waals surface area contributed by atoms with Crippen LogP contribution in [0.15, 0.2) is 41.6 Å². The Hall–Kier alpha value is -1.87. The van der Waals surface area contributed by atoms with E-state index in [1.165, 1.54) is 7.11 Å². The summed E-state index contributed by atoms with van der Waals surface area (Å²) in [4.78, 5) is 35.0. The third kappa shape index (κ3) is 9.06. The van der Waals surface area contributed by atoms with Gasteiger partial charge < -0.3 is 20.0 Å². The zero-order valence-corrected chi connectivity index (χ0v) is 26.2. The lowest BCUT2D eigenvalue weighted by atomic mass is 9.90. The molecule has 0 aliphatic carbocycles. The molecule has 0 saturated carbocycles. The van der Waals surface area contributed by atoms with Gasteiger partial charge in [0.05, 0.1) is 22.3 Å². The molecule has 0 radical (unpaired) electrons. The first kappa shape index (κ1) is 32.1. The van der Waals surface area contributed by atoms with Crippen LogP contribution in [0.5, 0.6) is 0 Å². The number of rotatable bonds is 12. The van der Waals surface area contributed by atoms with Crippen LogP contribution in [0.1, 0.15) is 60.4 Å². The number of ketones is 1. The third-order valence-corrected chi connectivity index (χ3v) is 9.00. The number of carbonyl (C=O) groups excluding carboxylic acids is 2. The number of carbonyl (C=O) groups is 2. The normalized spacial score (nSPS) is 18.0. The molecule has 222 valence electrons. The molecule has 1 N–H and O–H groups in total. The number of oxime groups is 1. The molecule has 0 aromatic heterocycles. The summed E-state index contributed by atoms with van der Waals surface area (Å²) in [5.74, 6) is 0.0564. The molecular formula is C30H36Cl4N4O3. The molecular weight excluding hydrogens is 606 g/mol. The van der Waals surface area contributed by atoms with Crippen LogP contribution in [0.25, 0.3) is 0 Å². The second kappa shape index (κ2) is 15.6. The fourth-order valence-electron chi connectivity index (χ4n) is 5.69. The number of piperidine rings is 2. The van der Waals surface area contributed by atoms with Crippen molar-refractivity contribution in [2.45, 2.75) is 50.5 Å². The predicted octanol–water partition coefficient (Wildman–Crippen LogP) is 6.73. The monoisotopic (exact) mass is 640 g/mol. The van der Waals surface area contributed by atoms with Crippen LogP contribution in [0.4, 0.5) is 0 Å². The van der Waals surface area contributed by atoms with E-state index in [-0.39, 0.29) is 18.2 Å². The summed E-state index contributed by atoms with van der Waals surface area (Å²) in [5, 5.41) is 9.35. The van der Waals surface area contributed by atoms with Crippen molar-refractivity contribution < 1.29 is 14.4 Å². The summed E-state index contributed by atoms with van der Waals surface area (Å²) in [6.07, 6.45) is 5.53. The van der Waals surface area contributed by atoms with Crippen molar-refractivity contribution in [3.05, 3.63) is 67.6 Å². The first-order valence-corrected chi connectivity index (χ1v) is 15.5. The largest absolute Gasteiger partial charge is 0.399 e. The Labute approximate surface area is 262 Å². The van der Waals surface area contributed by atoms with Gasteiger partial charge in [0.2, 0.25) is 5.91 Å². The Bertz CT molecular complexity index is 1230. The number of Topliss-reactive ketones (excluding diaryl/α,β-unsaturated/α-hetero) is 1. The van der Waals surface area contributed by atoms with Gasteiger partial charge in [0.25, 0.3) is 0 Å². The average molecular weight is 642 g/mol. The van der Waals surface area contributed by atoms with E-state index >= 15 is 0 Å². The third-order valence-electron chi connectivity index (χ3n) is 7.82. The maximum absolute atomic E-state index is 12.8. The smallest absolute Gasteiger partial charge is 0.222 e. The molecule has 2 saturated heterocycles. The van der Waals surface area contributed by atoms with Crippen molar-refractivity contribution >= 4 is 63.8 Å². The fourth-order valence-corrected chi connectivity index (χ4v) is 6.52. The Morgan fingerprint density at radius 1 is 1.00 bits per heavy atom. The van der Waals surface area contributed by atoms with Gasteiger partial charge in [0, 0.05) is 60.2 Å². The van der Waals surface area contributed by atoms with E-state index in [1.807, 2.05) is 12.1 Å². The summed E-state index contributed by atoms with van der Waals surface area (Å²) in [5.41, 5.74) is 2.16. The van der Waals surface area contributed by atoms with Crippen LogP contribution in [0, 0.1) is 0 Å². The Kier molecular flexibility index (Phi) is 12.2. The van der Waals surface area contributed by atoms with Crippen LogP contribution in [-0.2, 0) is 9.63 Å². The van der Waals surface area contributed by atoms with Crippen LogP contribution in [0.3, 0.4) is 0 Å². The van der Waals surface area contributed by atoms with Crippen molar-refractivity contribution in [3.63, 3.8) is 0 Å². The molecule has 41 heavy (non-hydrogen) atoms. The molecule has 2 aliphatic rings. The summed E-state index contributed by atoms with van der Waals surface area (Å²) >= 11 is 24.8. The molecule has 0 bridgehead atoms. The molecule has 2 aromatic rings. The second-order valence-electron chi connectivity index (χ2n) is 10.6. The van der Waals surface area contributed by atoms with Crippen LogP contribution < -0.4 is 5.32 Å². The molecule has 7 nitrogen and oxygen atoms in total. The molecule has 2 fully saturated rings. The molecule has 2 heterocycles. The van der Waals surface area contributed by atoms with Crippen molar-refractivity contribution in [1.82, 2.24) is 15.1 Å². The van der Waals surface area contributed by atoms with E-state index in [2.05, 4.69) is 20.3 Å². The minimum absolute atomic E-state index is 0.0796. The molecule has 11 heteroatoms. The average Bonchev–Trinajstić information content (AvgIpc) is 2.95. The van der Waals surface area contributed by atoms with Crippen LogP contribution in [0.2, 0.25) is 20.1 Å². The summed E-state index contributed by atoms with van der Waals surface area (Å²) in [6.45, 7) is 4.02. The number of nitrogens with zero attached hydrogens (tertiary/aromatic N) is 3. The van der Waals surface area contributed by atoms with Crippen LogP contribution >= 0.6 is 46.4 Å². The van der Waals surface area contributed by atoms with Gasteiger partial charge in [-0.25, -0.2) is 0 Å². The number of nitrogens with one attached hydrogen (secondary N) is 1. The van der Waals surface area contributed by atoms with Crippen molar-refractivity contribution in [3.8, 4) is 0 Å². The van der Waals surface area contributed by atoms with Gasteiger partial charge in [-0.1, -0.05) is 57.6 Å². The van der Waals surface area contributed by atoms with Gasteiger partial charge >= 0.3 is 0 Å². The lowest BCUT2D eigenvalue weighted by Gasteiger charge is -2.40. The SMILES string of the molecule is CON=C(CNCC(=O)c1cc(Cl)cc(Cl)c1)C(CCN1CCC(N2CCCCC2=O)CC1)c1ccc(Cl)c(Cl)c1. The number of amides is 1. The second-order valence-corrected chi connectivity index (χ2v) is 12.3. The van der Waals surface area contributed by atoms with Gasteiger partial charge in [-0.05, 0) is 74.5 Å². The highest BCUT2D eigenvalue weighted by molar-refractivity contribution is 6.42.